The van der Waals surface area contributed by atoms with Crippen molar-refractivity contribution in [1.29, 1.82) is 0 Å². The molecule has 1 aromatic carbocycles. The fourth-order valence-corrected chi connectivity index (χ4v) is 3.12. The number of furan rings is 1. The molecule has 4 aromatic rings. The van der Waals surface area contributed by atoms with Gasteiger partial charge in [0, 0.05) is 12.6 Å². The first kappa shape index (κ1) is 14.7. The Morgan fingerprint density at radius 3 is 2.71 bits per heavy atom. The highest BCUT2D eigenvalue weighted by molar-refractivity contribution is 6.04. The van der Waals surface area contributed by atoms with E-state index in [4.69, 9.17) is 4.42 Å². The molecule has 0 aliphatic carbocycles. The Morgan fingerprint density at radius 1 is 1.25 bits per heavy atom. The van der Waals surface area contributed by atoms with Crippen molar-refractivity contribution < 1.29 is 8.81 Å². The zero-order valence-corrected chi connectivity index (χ0v) is 13.4. The van der Waals surface area contributed by atoms with Crippen LogP contribution in [0.5, 0.6) is 0 Å². The number of benzene rings is 1. The number of aryl methyl sites for hydroxylation is 2. The molecule has 0 aliphatic rings. The summed E-state index contributed by atoms with van der Waals surface area (Å²) >= 11 is 0. The van der Waals surface area contributed by atoms with Gasteiger partial charge in [0.1, 0.15) is 17.1 Å². The summed E-state index contributed by atoms with van der Waals surface area (Å²) in [5.41, 5.74) is 2.83. The summed E-state index contributed by atoms with van der Waals surface area (Å²) in [6, 6.07) is 8.00. The van der Waals surface area contributed by atoms with Crippen LogP contribution >= 0.6 is 0 Å². The predicted molar refractivity (Wildman–Crippen MR) is 89.7 cm³/mol. The van der Waals surface area contributed by atoms with E-state index in [1.165, 1.54) is 16.8 Å². The molecule has 0 atom stereocenters. The molecule has 0 saturated carbocycles. The van der Waals surface area contributed by atoms with Crippen molar-refractivity contribution in [2.45, 2.75) is 26.9 Å². The summed E-state index contributed by atoms with van der Waals surface area (Å²) in [4.78, 5) is 12.9. The number of fused-ring (bicyclic) bond motifs is 3. The topological polar surface area (TPSA) is 53.0 Å². The highest BCUT2D eigenvalue weighted by Gasteiger charge is 2.18. The molecule has 6 heteroatoms. The van der Waals surface area contributed by atoms with Gasteiger partial charge in [-0.3, -0.25) is 4.79 Å². The van der Waals surface area contributed by atoms with Crippen LogP contribution in [-0.2, 0) is 13.1 Å². The molecular weight excluding hydrogens is 309 g/mol. The van der Waals surface area contributed by atoms with Crippen LogP contribution in [0.1, 0.15) is 18.2 Å². The Balaban J connectivity index is 1.91. The van der Waals surface area contributed by atoms with E-state index in [2.05, 4.69) is 5.10 Å². The summed E-state index contributed by atoms with van der Waals surface area (Å²) in [7, 11) is 0. The highest BCUT2D eigenvalue weighted by atomic mass is 19.1. The maximum Gasteiger partial charge on any atom is 0.291 e. The second-order valence-corrected chi connectivity index (χ2v) is 5.81. The van der Waals surface area contributed by atoms with Crippen molar-refractivity contribution in [3.8, 4) is 0 Å². The van der Waals surface area contributed by atoms with E-state index in [0.717, 1.165) is 22.2 Å². The Bertz CT molecular complexity index is 1100. The minimum absolute atomic E-state index is 0.178. The zero-order valence-electron chi connectivity index (χ0n) is 13.4. The van der Waals surface area contributed by atoms with Gasteiger partial charge in [0.25, 0.3) is 5.56 Å². The molecule has 0 spiro atoms. The molecule has 122 valence electrons. The lowest BCUT2D eigenvalue weighted by Gasteiger charge is -2.07. The molecule has 0 N–H and O–H groups in total. The van der Waals surface area contributed by atoms with Gasteiger partial charge in [0.05, 0.1) is 23.6 Å². The van der Waals surface area contributed by atoms with Crippen molar-refractivity contribution in [3.63, 3.8) is 0 Å². The molecule has 3 heterocycles. The molecule has 0 aliphatic heterocycles. The van der Waals surface area contributed by atoms with Gasteiger partial charge in [-0.05, 0) is 31.5 Å². The first-order valence-corrected chi connectivity index (χ1v) is 7.81. The Morgan fingerprint density at radius 2 is 2.00 bits per heavy atom. The lowest BCUT2D eigenvalue weighted by atomic mass is 10.2. The van der Waals surface area contributed by atoms with Crippen LogP contribution in [0.4, 0.5) is 4.39 Å². The minimum atomic E-state index is -0.301. The molecule has 0 bridgehead atoms. The van der Waals surface area contributed by atoms with Gasteiger partial charge in [-0.1, -0.05) is 12.1 Å². The maximum atomic E-state index is 13.0. The second kappa shape index (κ2) is 5.33. The number of aromatic nitrogens is 3. The van der Waals surface area contributed by atoms with Crippen LogP contribution in [0.2, 0.25) is 0 Å². The highest BCUT2D eigenvalue weighted by Crippen LogP contribution is 2.29. The van der Waals surface area contributed by atoms with Gasteiger partial charge in [-0.15, -0.1) is 0 Å². The van der Waals surface area contributed by atoms with Crippen molar-refractivity contribution in [3.05, 3.63) is 64.0 Å². The van der Waals surface area contributed by atoms with E-state index >= 15 is 0 Å². The largest absolute Gasteiger partial charge is 0.459 e. The lowest BCUT2D eigenvalue weighted by Crippen LogP contribution is -2.24. The van der Waals surface area contributed by atoms with Crippen molar-refractivity contribution in [1.82, 2.24) is 14.3 Å². The molecule has 0 amide bonds. The summed E-state index contributed by atoms with van der Waals surface area (Å²) in [6.45, 7) is 4.83. The van der Waals surface area contributed by atoms with Crippen molar-refractivity contribution in [2.24, 2.45) is 0 Å². The van der Waals surface area contributed by atoms with Gasteiger partial charge in [-0.2, -0.15) is 5.10 Å². The zero-order chi connectivity index (χ0) is 16.8. The monoisotopic (exact) mass is 325 g/mol. The molecule has 0 radical (unpaired) electrons. The van der Waals surface area contributed by atoms with Crippen molar-refractivity contribution in [2.75, 3.05) is 0 Å². The van der Waals surface area contributed by atoms with Crippen molar-refractivity contribution >= 4 is 22.0 Å². The summed E-state index contributed by atoms with van der Waals surface area (Å²) in [5.74, 6) is 0.504. The normalized spacial score (nSPS) is 11.6. The van der Waals surface area contributed by atoms with E-state index in [1.807, 2.05) is 24.5 Å². The van der Waals surface area contributed by atoms with Gasteiger partial charge in [0.2, 0.25) is 0 Å². The van der Waals surface area contributed by atoms with Gasteiger partial charge in [0.15, 0.2) is 5.58 Å². The lowest BCUT2D eigenvalue weighted by molar-refractivity contribution is 0.581. The third-order valence-electron chi connectivity index (χ3n) is 4.22. The SMILES string of the molecule is CCn1c2cc(C)oc2c2cnn(Cc3ccc(F)cc3)c(=O)c21. The molecule has 0 fully saturated rings. The Hall–Kier alpha value is -2.89. The van der Waals surface area contributed by atoms with E-state index in [9.17, 15) is 9.18 Å². The summed E-state index contributed by atoms with van der Waals surface area (Å²) in [5, 5.41) is 4.99. The molecule has 3 aromatic heterocycles. The standard InChI is InChI=1S/C18H16FN3O2/c1-3-21-15-8-11(2)24-17(15)14-9-20-22(18(23)16(14)21)10-12-4-6-13(19)7-5-12/h4-9H,3,10H2,1-2H3. The number of hydrogen-bond donors (Lipinski definition) is 0. The summed E-state index contributed by atoms with van der Waals surface area (Å²) < 4.78 is 22.1. The predicted octanol–water partition coefficient (Wildman–Crippen LogP) is 3.46. The average molecular weight is 325 g/mol. The quantitative estimate of drug-likeness (QED) is 0.579. The third kappa shape index (κ3) is 2.14. The van der Waals surface area contributed by atoms with Crippen LogP contribution in [0.15, 0.2) is 45.7 Å². The smallest absolute Gasteiger partial charge is 0.291 e. The van der Waals surface area contributed by atoms with Crippen LogP contribution in [0.3, 0.4) is 0 Å². The first-order valence-electron chi connectivity index (χ1n) is 7.81. The number of nitrogens with zero attached hydrogens (tertiary/aromatic N) is 3. The minimum Gasteiger partial charge on any atom is -0.459 e. The molecule has 5 nitrogen and oxygen atoms in total. The maximum absolute atomic E-state index is 13.0. The van der Waals surface area contributed by atoms with E-state index in [-0.39, 0.29) is 11.4 Å². The third-order valence-corrected chi connectivity index (χ3v) is 4.22. The molecule has 0 unspecified atom stereocenters. The molecule has 24 heavy (non-hydrogen) atoms. The van der Waals surface area contributed by atoms with E-state index < -0.39 is 0 Å². The number of hydrogen-bond acceptors (Lipinski definition) is 3. The van der Waals surface area contributed by atoms with E-state index in [0.29, 0.717) is 24.2 Å². The molecule has 0 saturated heterocycles. The van der Waals surface area contributed by atoms with Gasteiger partial charge in [-0.25, -0.2) is 9.07 Å². The fourth-order valence-electron chi connectivity index (χ4n) is 3.12. The van der Waals surface area contributed by atoms with Crippen LogP contribution in [-0.4, -0.2) is 14.3 Å². The van der Waals surface area contributed by atoms with Gasteiger partial charge < -0.3 is 8.98 Å². The van der Waals surface area contributed by atoms with Crippen LogP contribution in [0.25, 0.3) is 22.0 Å². The second-order valence-electron chi connectivity index (χ2n) is 5.81. The average Bonchev–Trinajstić information content (AvgIpc) is 3.07. The first-order chi connectivity index (χ1) is 11.6. The molecule has 4 rings (SSSR count). The molecular formula is C18H16FN3O2. The summed E-state index contributed by atoms with van der Waals surface area (Å²) in [6.07, 6.45) is 1.66. The van der Waals surface area contributed by atoms with Gasteiger partial charge >= 0.3 is 0 Å². The fraction of sp³-hybridized carbons (Fsp3) is 0.222. The number of halogens is 1. The van der Waals surface area contributed by atoms with Crippen LogP contribution in [0, 0.1) is 12.7 Å². The Kier molecular flexibility index (Phi) is 3.26. The number of rotatable bonds is 3. The van der Waals surface area contributed by atoms with Crippen LogP contribution < -0.4 is 5.56 Å². The van der Waals surface area contributed by atoms with E-state index in [1.54, 1.807) is 18.3 Å². The Labute approximate surface area is 136 Å².